The molecule has 0 aromatic rings. The van der Waals surface area contributed by atoms with E-state index in [0.717, 1.165) is 11.8 Å². The lowest BCUT2D eigenvalue weighted by Crippen LogP contribution is -2.39. The van der Waals surface area contributed by atoms with E-state index < -0.39 is 0 Å². The Morgan fingerprint density at radius 2 is 2.07 bits per heavy atom. The second-order valence-corrected chi connectivity index (χ2v) is 5.56. The molecule has 0 bridgehead atoms. The highest BCUT2D eigenvalue weighted by atomic mass is 32.2. The summed E-state index contributed by atoms with van der Waals surface area (Å²) in [6, 6.07) is 0.593. The van der Waals surface area contributed by atoms with Crippen LogP contribution in [0.2, 0.25) is 0 Å². The van der Waals surface area contributed by atoms with Gasteiger partial charge in [-0.25, -0.2) is 0 Å². The number of hydrogen-bond donors (Lipinski definition) is 2. The van der Waals surface area contributed by atoms with E-state index >= 15 is 0 Å². The number of nitrogens with two attached hydrogens (primary N) is 1. The van der Waals surface area contributed by atoms with Gasteiger partial charge in [-0.15, -0.1) is 0 Å². The summed E-state index contributed by atoms with van der Waals surface area (Å²) in [5.41, 5.74) is 5.21. The third-order valence-corrected chi connectivity index (χ3v) is 4.34. The van der Waals surface area contributed by atoms with Gasteiger partial charge in [-0.3, -0.25) is 4.79 Å². The third kappa shape index (κ3) is 4.43. The van der Waals surface area contributed by atoms with Gasteiger partial charge >= 0.3 is 0 Å². The monoisotopic (exact) mass is 230 g/mol. The molecular formula is C11H22N2OS. The molecule has 3 nitrogen and oxygen atoms in total. The number of hydrogen-bond acceptors (Lipinski definition) is 3. The van der Waals surface area contributed by atoms with E-state index in [1.165, 1.54) is 25.7 Å². The fraction of sp³-hybridized carbons (Fsp3) is 0.909. The molecule has 1 aliphatic carbocycles. The fourth-order valence-corrected chi connectivity index (χ4v) is 2.69. The SMILES string of the molecule is CSC1CCC(NCC(C)C(N)=O)CC1. The van der Waals surface area contributed by atoms with Crippen molar-refractivity contribution in [2.75, 3.05) is 12.8 Å². The standard InChI is InChI=1S/C11H22N2OS/c1-8(11(12)14)7-13-9-3-5-10(15-2)6-4-9/h8-10,13H,3-7H2,1-2H3,(H2,12,14). The van der Waals surface area contributed by atoms with Crippen LogP contribution in [0.15, 0.2) is 0 Å². The molecular weight excluding hydrogens is 208 g/mol. The second kappa shape index (κ2) is 6.38. The van der Waals surface area contributed by atoms with Crippen LogP contribution in [-0.2, 0) is 4.79 Å². The largest absolute Gasteiger partial charge is 0.369 e. The quantitative estimate of drug-likeness (QED) is 0.750. The maximum absolute atomic E-state index is 10.8. The average molecular weight is 230 g/mol. The first kappa shape index (κ1) is 12.8. The van der Waals surface area contributed by atoms with Gasteiger partial charge in [0.2, 0.25) is 5.91 Å². The Balaban J connectivity index is 2.16. The summed E-state index contributed by atoms with van der Waals surface area (Å²) in [5.74, 6) is -0.261. The molecule has 0 saturated heterocycles. The van der Waals surface area contributed by atoms with Crippen molar-refractivity contribution < 1.29 is 4.79 Å². The second-order valence-electron chi connectivity index (χ2n) is 4.42. The Hall–Kier alpha value is -0.220. The molecule has 0 aromatic carbocycles. The van der Waals surface area contributed by atoms with Gasteiger partial charge < -0.3 is 11.1 Å². The van der Waals surface area contributed by atoms with Gasteiger partial charge in [0.25, 0.3) is 0 Å². The summed E-state index contributed by atoms with van der Waals surface area (Å²) in [4.78, 5) is 10.8. The predicted octanol–water partition coefficient (Wildman–Crippen LogP) is 1.37. The van der Waals surface area contributed by atoms with Crippen molar-refractivity contribution in [3.63, 3.8) is 0 Å². The number of nitrogens with one attached hydrogen (secondary N) is 1. The lowest BCUT2D eigenvalue weighted by Gasteiger charge is -2.28. The minimum Gasteiger partial charge on any atom is -0.369 e. The normalized spacial score (nSPS) is 28.7. The molecule has 1 atom stereocenters. The highest BCUT2D eigenvalue weighted by molar-refractivity contribution is 7.99. The third-order valence-electron chi connectivity index (χ3n) is 3.21. The molecule has 1 amide bonds. The van der Waals surface area contributed by atoms with Gasteiger partial charge in [0.1, 0.15) is 0 Å². The number of carbonyl (C=O) groups excluding carboxylic acids is 1. The van der Waals surface area contributed by atoms with E-state index in [1.807, 2.05) is 18.7 Å². The lowest BCUT2D eigenvalue weighted by molar-refractivity contribution is -0.121. The van der Waals surface area contributed by atoms with Crippen LogP contribution < -0.4 is 11.1 Å². The number of thioether (sulfide) groups is 1. The molecule has 1 aliphatic rings. The van der Waals surface area contributed by atoms with Crippen LogP contribution in [0.5, 0.6) is 0 Å². The van der Waals surface area contributed by atoms with Gasteiger partial charge in [-0.1, -0.05) is 6.92 Å². The Bertz CT molecular complexity index is 203. The fourth-order valence-electron chi connectivity index (χ4n) is 1.95. The number of rotatable bonds is 5. The summed E-state index contributed by atoms with van der Waals surface area (Å²) < 4.78 is 0. The maximum Gasteiger partial charge on any atom is 0.221 e. The van der Waals surface area contributed by atoms with Crippen molar-refractivity contribution in [1.82, 2.24) is 5.32 Å². The molecule has 0 aliphatic heterocycles. The Morgan fingerprint density at radius 3 is 2.53 bits per heavy atom. The van der Waals surface area contributed by atoms with Crippen molar-refractivity contribution >= 4 is 17.7 Å². The summed E-state index contributed by atoms with van der Waals surface area (Å²) >= 11 is 1.98. The zero-order valence-electron chi connectivity index (χ0n) is 9.66. The van der Waals surface area contributed by atoms with Gasteiger partial charge in [0.05, 0.1) is 0 Å². The first-order valence-electron chi connectivity index (χ1n) is 5.69. The summed E-state index contributed by atoms with van der Waals surface area (Å²) in [5, 5.41) is 4.28. The molecule has 0 spiro atoms. The van der Waals surface area contributed by atoms with Crippen molar-refractivity contribution in [3.8, 4) is 0 Å². The molecule has 88 valence electrons. The summed E-state index contributed by atoms with van der Waals surface area (Å²) in [6.07, 6.45) is 7.25. The van der Waals surface area contributed by atoms with Crippen LogP contribution in [0.4, 0.5) is 0 Å². The average Bonchev–Trinajstić information content (AvgIpc) is 2.26. The Labute approximate surface area is 96.6 Å². The summed E-state index contributed by atoms with van der Waals surface area (Å²) in [6.45, 7) is 2.60. The first-order chi connectivity index (χ1) is 7.13. The van der Waals surface area contributed by atoms with Crippen LogP contribution in [0.25, 0.3) is 0 Å². The highest BCUT2D eigenvalue weighted by Crippen LogP contribution is 2.26. The smallest absolute Gasteiger partial charge is 0.221 e. The number of carbonyl (C=O) groups is 1. The van der Waals surface area contributed by atoms with Gasteiger partial charge in [-0.2, -0.15) is 11.8 Å². The number of primary amides is 1. The summed E-state index contributed by atoms with van der Waals surface area (Å²) in [7, 11) is 0. The van der Waals surface area contributed by atoms with E-state index in [-0.39, 0.29) is 11.8 Å². The Morgan fingerprint density at radius 1 is 1.47 bits per heavy atom. The van der Waals surface area contributed by atoms with Crippen LogP contribution >= 0.6 is 11.8 Å². The molecule has 15 heavy (non-hydrogen) atoms. The van der Waals surface area contributed by atoms with E-state index in [4.69, 9.17) is 5.73 Å². The van der Waals surface area contributed by atoms with E-state index in [9.17, 15) is 4.79 Å². The van der Waals surface area contributed by atoms with E-state index in [2.05, 4.69) is 11.6 Å². The molecule has 3 N–H and O–H groups in total. The van der Waals surface area contributed by atoms with Crippen molar-refractivity contribution in [1.29, 1.82) is 0 Å². The Kier molecular flexibility index (Phi) is 5.47. The van der Waals surface area contributed by atoms with Gasteiger partial charge in [0.15, 0.2) is 0 Å². The molecule has 0 radical (unpaired) electrons. The maximum atomic E-state index is 10.8. The number of amides is 1. The van der Waals surface area contributed by atoms with Crippen LogP contribution in [0, 0.1) is 5.92 Å². The molecule has 1 fully saturated rings. The van der Waals surface area contributed by atoms with E-state index in [0.29, 0.717) is 6.04 Å². The zero-order chi connectivity index (χ0) is 11.3. The molecule has 0 aromatic heterocycles. The molecule has 4 heteroatoms. The highest BCUT2D eigenvalue weighted by Gasteiger charge is 2.20. The van der Waals surface area contributed by atoms with Crippen molar-refractivity contribution in [3.05, 3.63) is 0 Å². The van der Waals surface area contributed by atoms with Gasteiger partial charge in [0, 0.05) is 23.8 Å². The van der Waals surface area contributed by atoms with Crippen molar-refractivity contribution in [2.45, 2.75) is 43.9 Å². The minimum atomic E-state index is -0.208. The van der Waals surface area contributed by atoms with Crippen LogP contribution in [0.3, 0.4) is 0 Å². The molecule has 0 heterocycles. The predicted molar refractivity (Wildman–Crippen MR) is 65.9 cm³/mol. The minimum absolute atomic E-state index is 0.0525. The molecule has 1 rings (SSSR count). The zero-order valence-corrected chi connectivity index (χ0v) is 10.5. The molecule has 1 unspecified atom stereocenters. The molecule has 1 saturated carbocycles. The lowest BCUT2D eigenvalue weighted by atomic mass is 9.94. The van der Waals surface area contributed by atoms with Gasteiger partial charge in [-0.05, 0) is 31.9 Å². The van der Waals surface area contributed by atoms with Crippen LogP contribution in [-0.4, -0.2) is 30.0 Å². The topological polar surface area (TPSA) is 55.1 Å². The first-order valence-corrected chi connectivity index (χ1v) is 6.97. The van der Waals surface area contributed by atoms with Crippen LogP contribution in [0.1, 0.15) is 32.6 Å². The van der Waals surface area contributed by atoms with Crippen molar-refractivity contribution in [2.24, 2.45) is 11.7 Å². The van der Waals surface area contributed by atoms with E-state index in [1.54, 1.807) is 0 Å².